The number of benzene rings is 1. The molecule has 1 N–H and O–H groups in total. The first-order chi connectivity index (χ1) is 10.3. The molecule has 0 aliphatic heterocycles. The van der Waals surface area contributed by atoms with Gasteiger partial charge in [-0.2, -0.15) is 5.10 Å². The summed E-state index contributed by atoms with van der Waals surface area (Å²) in [6.07, 6.45) is 4.03. The van der Waals surface area contributed by atoms with E-state index < -0.39 is 0 Å². The number of rotatable bonds is 8. The zero-order chi connectivity index (χ0) is 15.1. The minimum atomic E-state index is 0.348. The van der Waals surface area contributed by atoms with Gasteiger partial charge in [-0.15, -0.1) is 0 Å². The van der Waals surface area contributed by atoms with Gasteiger partial charge in [0.15, 0.2) is 0 Å². The van der Waals surface area contributed by atoms with E-state index in [1.807, 2.05) is 18.3 Å². The SMILES string of the molecule is CCCn1nccc1CNC(CC)c1ccc(OC)cc1. The predicted molar refractivity (Wildman–Crippen MR) is 85.4 cm³/mol. The van der Waals surface area contributed by atoms with Crippen molar-refractivity contribution in [2.75, 3.05) is 7.11 Å². The molecule has 114 valence electrons. The van der Waals surface area contributed by atoms with Gasteiger partial charge in [-0.25, -0.2) is 0 Å². The van der Waals surface area contributed by atoms with Gasteiger partial charge in [-0.1, -0.05) is 26.0 Å². The maximum Gasteiger partial charge on any atom is 0.118 e. The molecule has 2 rings (SSSR count). The van der Waals surface area contributed by atoms with Crippen LogP contribution in [-0.4, -0.2) is 16.9 Å². The Morgan fingerprint density at radius 1 is 1.19 bits per heavy atom. The molecule has 0 bridgehead atoms. The van der Waals surface area contributed by atoms with Gasteiger partial charge in [0, 0.05) is 25.3 Å². The fraction of sp³-hybridized carbons (Fsp3) is 0.471. The minimum absolute atomic E-state index is 0.348. The van der Waals surface area contributed by atoms with Crippen LogP contribution in [0.3, 0.4) is 0 Å². The van der Waals surface area contributed by atoms with Crippen LogP contribution in [0.4, 0.5) is 0 Å². The third-order valence-corrected chi connectivity index (χ3v) is 3.70. The number of hydrogen-bond donors (Lipinski definition) is 1. The van der Waals surface area contributed by atoms with Gasteiger partial charge in [0.1, 0.15) is 5.75 Å². The Kier molecular flexibility index (Phi) is 5.81. The molecule has 1 atom stereocenters. The molecule has 2 aromatic rings. The molecule has 0 saturated heterocycles. The predicted octanol–water partition coefficient (Wildman–Crippen LogP) is 3.54. The van der Waals surface area contributed by atoms with Crippen LogP contribution in [0.1, 0.15) is 44.0 Å². The summed E-state index contributed by atoms with van der Waals surface area (Å²) in [7, 11) is 1.69. The molecule has 0 spiro atoms. The van der Waals surface area contributed by atoms with E-state index in [1.54, 1.807) is 7.11 Å². The lowest BCUT2D eigenvalue weighted by atomic mass is 10.0. The summed E-state index contributed by atoms with van der Waals surface area (Å²) >= 11 is 0. The molecule has 1 aromatic heterocycles. The molecule has 0 amide bonds. The molecule has 4 heteroatoms. The van der Waals surface area contributed by atoms with Crippen LogP contribution in [-0.2, 0) is 13.1 Å². The van der Waals surface area contributed by atoms with Crippen molar-refractivity contribution in [1.29, 1.82) is 0 Å². The van der Waals surface area contributed by atoms with E-state index in [-0.39, 0.29) is 0 Å². The number of aromatic nitrogens is 2. The lowest BCUT2D eigenvalue weighted by Gasteiger charge is -2.18. The number of nitrogens with one attached hydrogen (secondary N) is 1. The summed E-state index contributed by atoms with van der Waals surface area (Å²) in [6.45, 7) is 6.18. The van der Waals surface area contributed by atoms with Crippen LogP contribution in [0, 0.1) is 0 Å². The number of hydrogen-bond acceptors (Lipinski definition) is 3. The molecule has 1 unspecified atom stereocenters. The Balaban J connectivity index is 1.99. The number of ether oxygens (including phenoxy) is 1. The minimum Gasteiger partial charge on any atom is -0.497 e. The van der Waals surface area contributed by atoms with Gasteiger partial charge < -0.3 is 10.1 Å². The van der Waals surface area contributed by atoms with E-state index in [9.17, 15) is 0 Å². The summed E-state index contributed by atoms with van der Waals surface area (Å²) in [5.74, 6) is 0.898. The normalized spacial score (nSPS) is 12.3. The molecular weight excluding hydrogens is 262 g/mol. The third kappa shape index (κ3) is 4.08. The molecule has 0 radical (unpaired) electrons. The summed E-state index contributed by atoms with van der Waals surface area (Å²) < 4.78 is 7.29. The second kappa shape index (κ2) is 7.84. The maximum absolute atomic E-state index is 5.21. The molecule has 1 heterocycles. The topological polar surface area (TPSA) is 39.1 Å². The fourth-order valence-electron chi connectivity index (χ4n) is 2.49. The molecule has 0 aliphatic carbocycles. The first-order valence-electron chi connectivity index (χ1n) is 7.66. The number of aryl methyl sites for hydroxylation is 1. The summed E-state index contributed by atoms with van der Waals surface area (Å²) in [5.41, 5.74) is 2.53. The number of nitrogens with zero attached hydrogens (tertiary/aromatic N) is 2. The van der Waals surface area contributed by atoms with E-state index in [1.165, 1.54) is 11.3 Å². The van der Waals surface area contributed by atoms with Gasteiger partial charge in [-0.3, -0.25) is 4.68 Å². The van der Waals surface area contributed by atoms with Gasteiger partial charge in [0.2, 0.25) is 0 Å². The van der Waals surface area contributed by atoms with Crippen LogP contribution in [0.25, 0.3) is 0 Å². The Labute approximate surface area is 127 Å². The molecule has 0 saturated carbocycles. The lowest BCUT2D eigenvalue weighted by Crippen LogP contribution is -2.22. The van der Waals surface area contributed by atoms with E-state index in [0.717, 1.165) is 31.7 Å². The summed E-state index contributed by atoms with van der Waals surface area (Å²) in [6, 6.07) is 10.7. The van der Waals surface area contributed by atoms with Crippen LogP contribution in [0.5, 0.6) is 5.75 Å². The molecule has 1 aromatic carbocycles. The molecule has 4 nitrogen and oxygen atoms in total. The van der Waals surface area contributed by atoms with Crippen LogP contribution >= 0.6 is 0 Å². The van der Waals surface area contributed by atoms with Crippen molar-refractivity contribution in [2.24, 2.45) is 0 Å². The highest BCUT2D eigenvalue weighted by atomic mass is 16.5. The zero-order valence-electron chi connectivity index (χ0n) is 13.2. The van der Waals surface area contributed by atoms with E-state index >= 15 is 0 Å². The van der Waals surface area contributed by atoms with E-state index in [4.69, 9.17) is 4.74 Å². The molecule has 0 aliphatic rings. The lowest BCUT2D eigenvalue weighted by molar-refractivity contribution is 0.414. The third-order valence-electron chi connectivity index (χ3n) is 3.70. The quantitative estimate of drug-likeness (QED) is 0.807. The van der Waals surface area contributed by atoms with Gasteiger partial charge >= 0.3 is 0 Å². The second-order valence-electron chi connectivity index (χ2n) is 5.16. The smallest absolute Gasteiger partial charge is 0.118 e. The van der Waals surface area contributed by atoms with Crippen molar-refractivity contribution in [2.45, 2.75) is 45.8 Å². The highest BCUT2D eigenvalue weighted by Gasteiger charge is 2.10. The van der Waals surface area contributed by atoms with Gasteiger partial charge in [0.05, 0.1) is 12.8 Å². The molecular formula is C17H25N3O. The fourth-order valence-corrected chi connectivity index (χ4v) is 2.49. The van der Waals surface area contributed by atoms with Crippen molar-refractivity contribution in [3.8, 4) is 5.75 Å². The highest BCUT2D eigenvalue weighted by Crippen LogP contribution is 2.20. The van der Waals surface area contributed by atoms with Gasteiger partial charge in [-0.05, 0) is 36.6 Å². The Morgan fingerprint density at radius 3 is 2.57 bits per heavy atom. The Bertz CT molecular complexity index is 533. The first-order valence-corrected chi connectivity index (χ1v) is 7.66. The Hall–Kier alpha value is -1.81. The summed E-state index contributed by atoms with van der Waals surface area (Å²) in [5, 5.41) is 7.99. The molecule has 0 fully saturated rings. The van der Waals surface area contributed by atoms with Crippen LogP contribution in [0.15, 0.2) is 36.5 Å². The standard InChI is InChI=1S/C17H25N3O/c1-4-12-20-15(10-11-19-20)13-18-17(5-2)14-6-8-16(21-3)9-7-14/h6-11,17-18H,4-5,12-13H2,1-3H3. The highest BCUT2D eigenvalue weighted by molar-refractivity contribution is 5.29. The summed E-state index contributed by atoms with van der Waals surface area (Å²) in [4.78, 5) is 0. The second-order valence-corrected chi connectivity index (χ2v) is 5.16. The average Bonchev–Trinajstić information content (AvgIpc) is 2.96. The van der Waals surface area contributed by atoms with Crippen molar-refractivity contribution in [1.82, 2.24) is 15.1 Å². The van der Waals surface area contributed by atoms with E-state index in [0.29, 0.717) is 6.04 Å². The van der Waals surface area contributed by atoms with E-state index in [2.05, 4.69) is 47.1 Å². The largest absolute Gasteiger partial charge is 0.497 e. The number of methoxy groups -OCH3 is 1. The van der Waals surface area contributed by atoms with Crippen LogP contribution in [0.2, 0.25) is 0 Å². The monoisotopic (exact) mass is 287 g/mol. The van der Waals surface area contributed by atoms with Crippen LogP contribution < -0.4 is 10.1 Å². The maximum atomic E-state index is 5.21. The molecule has 21 heavy (non-hydrogen) atoms. The van der Waals surface area contributed by atoms with Crippen molar-refractivity contribution in [3.05, 3.63) is 47.8 Å². The average molecular weight is 287 g/mol. The van der Waals surface area contributed by atoms with Crippen molar-refractivity contribution >= 4 is 0 Å². The van der Waals surface area contributed by atoms with Crippen molar-refractivity contribution in [3.63, 3.8) is 0 Å². The van der Waals surface area contributed by atoms with Crippen molar-refractivity contribution < 1.29 is 4.74 Å². The zero-order valence-corrected chi connectivity index (χ0v) is 13.2. The Morgan fingerprint density at radius 2 is 1.95 bits per heavy atom. The van der Waals surface area contributed by atoms with Gasteiger partial charge in [0.25, 0.3) is 0 Å². The first kappa shape index (κ1) is 15.6.